The molecule has 0 amide bonds. The normalized spacial score (nSPS) is 27.5. The Morgan fingerprint density at radius 2 is 1.65 bits per heavy atom. The van der Waals surface area contributed by atoms with Crippen LogP contribution in [0, 0.1) is 11.8 Å². The van der Waals surface area contributed by atoms with Gasteiger partial charge in [0.2, 0.25) is 5.95 Å². The zero-order chi connectivity index (χ0) is 18.4. The summed E-state index contributed by atoms with van der Waals surface area (Å²) in [5, 5.41) is 10.6. The minimum absolute atomic E-state index is 0.119. The van der Waals surface area contributed by atoms with Crippen molar-refractivity contribution in [1.29, 1.82) is 0 Å². The van der Waals surface area contributed by atoms with E-state index < -0.39 is 0 Å². The lowest BCUT2D eigenvalue weighted by Crippen LogP contribution is -2.31. The Balaban J connectivity index is 1.64. The zero-order valence-corrected chi connectivity index (χ0v) is 15.5. The largest absolute Gasteiger partial charge is 0.493 e. The quantitative estimate of drug-likeness (QED) is 0.865. The number of nitrogens with zero attached hydrogens (tertiary/aromatic N) is 3. The van der Waals surface area contributed by atoms with Crippen LogP contribution < -0.4 is 20.1 Å². The van der Waals surface area contributed by atoms with Crippen molar-refractivity contribution < 1.29 is 14.6 Å². The molecule has 2 aromatic rings. The molecule has 1 aromatic heterocycles. The predicted molar refractivity (Wildman–Crippen MR) is 101 cm³/mol. The molecule has 2 unspecified atom stereocenters. The third kappa shape index (κ3) is 2.80. The number of hydrogen-bond donors (Lipinski definition) is 2. The van der Waals surface area contributed by atoms with Gasteiger partial charge in [0, 0.05) is 24.5 Å². The summed E-state index contributed by atoms with van der Waals surface area (Å²) in [7, 11) is 5.23. The van der Waals surface area contributed by atoms with Gasteiger partial charge in [-0.1, -0.05) is 0 Å². The molecule has 7 heteroatoms. The van der Waals surface area contributed by atoms with Crippen molar-refractivity contribution >= 4 is 22.7 Å². The van der Waals surface area contributed by atoms with E-state index in [2.05, 4.69) is 9.88 Å². The molecule has 0 bridgehead atoms. The molecule has 2 aliphatic rings. The Labute approximate surface area is 153 Å². The van der Waals surface area contributed by atoms with Crippen LogP contribution in [0.3, 0.4) is 0 Å². The maximum Gasteiger partial charge on any atom is 0.227 e. The van der Waals surface area contributed by atoms with E-state index in [0.717, 1.165) is 36.6 Å². The molecule has 4 atom stereocenters. The first-order chi connectivity index (χ1) is 12.5. The Hall–Kier alpha value is -2.28. The lowest BCUT2D eigenvalue weighted by Gasteiger charge is -2.26. The van der Waals surface area contributed by atoms with Crippen LogP contribution in [0.4, 0.5) is 11.8 Å². The maximum absolute atomic E-state index is 9.85. The van der Waals surface area contributed by atoms with Crippen molar-refractivity contribution in [3.05, 3.63) is 12.1 Å². The molecule has 0 spiro atoms. The number of anilines is 2. The number of rotatable bonds is 4. The monoisotopic (exact) mass is 358 g/mol. The van der Waals surface area contributed by atoms with Crippen LogP contribution >= 0.6 is 0 Å². The number of aliphatic hydroxyl groups is 1. The minimum atomic E-state index is -0.119. The van der Waals surface area contributed by atoms with Crippen molar-refractivity contribution in [2.75, 3.05) is 31.9 Å². The molecule has 140 valence electrons. The SMILES string of the molecule is COc1cc2nc(N(C)C3C[C@H]4CC(O)C[C@H]4C3)nc(N)c2cc1OC. The van der Waals surface area contributed by atoms with Gasteiger partial charge in [-0.2, -0.15) is 4.98 Å². The van der Waals surface area contributed by atoms with Crippen LogP contribution in [0.2, 0.25) is 0 Å². The smallest absolute Gasteiger partial charge is 0.227 e. The number of benzene rings is 1. The summed E-state index contributed by atoms with van der Waals surface area (Å²) in [6.45, 7) is 0. The fraction of sp³-hybridized carbons (Fsp3) is 0.579. The predicted octanol–water partition coefficient (Wildman–Crippen LogP) is 2.21. The highest BCUT2D eigenvalue weighted by molar-refractivity contribution is 5.91. The van der Waals surface area contributed by atoms with E-state index >= 15 is 0 Å². The molecule has 3 N–H and O–H groups in total. The van der Waals surface area contributed by atoms with Crippen molar-refractivity contribution in [3.63, 3.8) is 0 Å². The average molecular weight is 358 g/mol. The van der Waals surface area contributed by atoms with Gasteiger partial charge in [0.25, 0.3) is 0 Å². The van der Waals surface area contributed by atoms with Gasteiger partial charge < -0.3 is 25.2 Å². The highest BCUT2D eigenvalue weighted by Crippen LogP contribution is 2.46. The second-order valence-corrected chi connectivity index (χ2v) is 7.51. The third-order valence-electron chi connectivity index (χ3n) is 6.05. The molecule has 2 saturated carbocycles. The molecule has 1 heterocycles. The lowest BCUT2D eigenvalue weighted by atomic mass is 10.0. The van der Waals surface area contributed by atoms with Crippen molar-refractivity contribution in [3.8, 4) is 11.5 Å². The van der Waals surface area contributed by atoms with Crippen LogP contribution in [0.1, 0.15) is 25.7 Å². The summed E-state index contributed by atoms with van der Waals surface area (Å²) in [5.74, 6) is 3.52. The Bertz CT molecular complexity index is 814. The van der Waals surface area contributed by atoms with Gasteiger partial charge in [0.1, 0.15) is 5.82 Å². The van der Waals surface area contributed by atoms with E-state index in [1.807, 2.05) is 19.2 Å². The third-order valence-corrected chi connectivity index (χ3v) is 6.05. The van der Waals surface area contributed by atoms with E-state index in [1.165, 1.54) is 0 Å². The fourth-order valence-corrected chi connectivity index (χ4v) is 4.66. The van der Waals surface area contributed by atoms with Gasteiger partial charge in [-0.25, -0.2) is 4.98 Å². The molecule has 1 aromatic carbocycles. The summed E-state index contributed by atoms with van der Waals surface area (Å²) in [6, 6.07) is 4.03. The number of nitrogen functional groups attached to an aromatic ring is 1. The molecule has 0 saturated heterocycles. The number of nitrogens with two attached hydrogens (primary N) is 1. The molecular formula is C19H26N4O3. The number of aliphatic hydroxyl groups excluding tert-OH is 1. The Kier molecular flexibility index (Phi) is 4.26. The van der Waals surface area contributed by atoms with Gasteiger partial charge in [-0.3, -0.25) is 0 Å². The minimum Gasteiger partial charge on any atom is -0.493 e. The van der Waals surface area contributed by atoms with Gasteiger partial charge >= 0.3 is 0 Å². The van der Waals surface area contributed by atoms with Crippen molar-refractivity contribution in [2.24, 2.45) is 11.8 Å². The van der Waals surface area contributed by atoms with Gasteiger partial charge in [-0.05, 0) is 43.6 Å². The van der Waals surface area contributed by atoms with Crippen LogP contribution in [-0.4, -0.2) is 48.5 Å². The standard InChI is InChI=1S/C19H26N4O3/c1-23(12-4-10-6-13(24)7-11(10)5-12)19-21-15-9-17(26-3)16(25-2)8-14(15)18(20)22-19/h8-13,24H,4-7H2,1-3H3,(H2,20,21,22)/t10-,11+,12?,13?. The molecule has 0 radical (unpaired) electrons. The van der Waals surface area contributed by atoms with E-state index in [0.29, 0.717) is 41.1 Å². The Morgan fingerprint density at radius 1 is 1.04 bits per heavy atom. The van der Waals surface area contributed by atoms with E-state index in [1.54, 1.807) is 14.2 Å². The van der Waals surface area contributed by atoms with Crippen LogP contribution in [0.15, 0.2) is 12.1 Å². The molecule has 0 aliphatic heterocycles. The second kappa shape index (κ2) is 6.46. The van der Waals surface area contributed by atoms with Crippen LogP contribution in [-0.2, 0) is 0 Å². The molecule has 26 heavy (non-hydrogen) atoms. The number of aromatic nitrogens is 2. The first kappa shape index (κ1) is 17.1. The Morgan fingerprint density at radius 3 is 2.27 bits per heavy atom. The summed E-state index contributed by atoms with van der Waals surface area (Å²) in [4.78, 5) is 11.4. The van der Waals surface area contributed by atoms with Gasteiger partial charge in [0.05, 0.1) is 25.8 Å². The molecule has 2 fully saturated rings. The van der Waals surface area contributed by atoms with Gasteiger partial charge in [0.15, 0.2) is 11.5 Å². The van der Waals surface area contributed by atoms with Crippen molar-refractivity contribution in [2.45, 2.75) is 37.8 Å². The van der Waals surface area contributed by atoms with E-state index in [4.69, 9.17) is 20.2 Å². The first-order valence-electron chi connectivity index (χ1n) is 9.10. The number of ether oxygens (including phenoxy) is 2. The molecule has 2 aliphatic carbocycles. The van der Waals surface area contributed by atoms with Crippen molar-refractivity contribution in [1.82, 2.24) is 9.97 Å². The molecule has 4 rings (SSSR count). The first-order valence-corrected chi connectivity index (χ1v) is 9.10. The fourth-order valence-electron chi connectivity index (χ4n) is 4.66. The summed E-state index contributed by atoms with van der Waals surface area (Å²) in [5.41, 5.74) is 6.95. The maximum atomic E-state index is 9.85. The zero-order valence-electron chi connectivity index (χ0n) is 15.5. The highest BCUT2D eigenvalue weighted by atomic mass is 16.5. The molecular weight excluding hydrogens is 332 g/mol. The van der Waals surface area contributed by atoms with Gasteiger partial charge in [-0.15, -0.1) is 0 Å². The second-order valence-electron chi connectivity index (χ2n) is 7.51. The average Bonchev–Trinajstić information content (AvgIpc) is 3.17. The number of hydrogen-bond acceptors (Lipinski definition) is 7. The number of fused-ring (bicyclic) bond motifs is 2. The highest BCUT2D eigenvalue weighted by Gasteiger charge is 2.42. The van der Waals surface area contributed by atoms with Crippen LogP contribution in [0.25, 0.3) is 10.9 Å². The summed E-state index contributed by atoms with van der Waals surface area (Å²) < 4.78 is 10.7. The lowest BCUT2D eigenvalue weighted by molar-refractivity contribution is 0.171. The van der Waals surface area contributed by atoms with E-state index in [-0.39, 0.29) is 6.10 Å². The van der Waals surface area contributed by atoms with E-state index in [9.17, 15) is 5.11 Å². The van der Waals surface area contributed by atoms with Crippen LogP contribution in [0.5, 0.6) is 11.5 Å². The topological polar surface area (TPSA) is 93.7 Å². The molecule has 7 nitrogen and oxygen atoms in total. The summed E-state index contributed by atoms with van der Waals surface area (Å²) >= 11 is 0. The summed E-state index contributed by atoms with van der Waals surface area (Å²) in [6.07, 6.45) is 3.88. The number of methoxy groups -OCH3 is 2.